The van der Waals surface area contributed by atoms with Gasteiger partial charge in [-0.25, -0.2) is 0 Å². The van der Waals surface area contributed by atoms with Crippen molar-refractivity contribution in [2.24, 2.45) is 17.3 Å². The highest BCUT2D eigenvalue weighted by Gasteiger charge is 2.37. The third-order valence-corrected chi connectivity index (χ3v) is 5.64. The van der Waals surface area contributed by atoms with Crippen LogP contribution < -0.4 is 0 Å². The van der Waals surface area contributed by atoms with Crippen molar-refractivity contribution in [3.05, 3.63) is 23.0 Å². The summed E-state index contributed by atoms with van der Waals surface area (Å²) in [7, 11) is 0. The van der Waals surface area contributed by atoms with Gasteiger partial charge in [-0.3, -0.25) is 4.79 Å². The molecule has 21 heavy (non-hydrogen) atoms. The largest absolute Gasteiger partial charge is 0.345 e. The molecule has 3 unspecified atom stereocenters. The smallest absolute Gasteiger partial charge is 0.165 e. The van der Waals surface area contributed by atoms with E-state index >= 15 is 0 Å². The predicted molar refractivity (Wildman–Crippen MR) is 86.8 cm³/mol. The molecule has 0 amide bonds. The van der Waals surface area contributed by atoms with Crippen molar-refractivity contribution in [1.29, 1.82) is 0 Å². The number of nitrogens with zero attached hydrogens (tertiary/aromatic N) is 1. The van der Waals surface area contributed by atoms with Crippen LogP contribution in [0, 0.1) is 24.2 Å². The molecule has 3 atom stereocenters. The predicted octanol–water partition coefficient (Wildman–Crippen LogP) is 4.95. The maximum atomic E-state index is 12.5. The third-order valence-electron chi connectivity index (χ3n) is 5.64. The molecule has 0 aliphatic heterocycles. The first kappa shape index (κ1) is 14.9. The molecular weight excluding hydrogens is 258 g/mol. The first-order chi connectivity index (χ1) is 9.78. The molecule has 1 fully saturated rings. The van der Waals surface area contributed by atoms with Crippen molar-refractivity contribution in [1.82, 2.24) is 4.57 Å². The van der Waals surface area contributed by atoms with Gasteiger partial charge in [-0.2, -0.15) is 0 Å². The van der Waals surface area contributed by atoms with E-state index in [9.17, 15) is 4.79 Å². The van der Waals surface area contributed by atoms with E-state index in [0.717, 1.165) is 17.9 Å². The van der Waals surface area contributed by atoms with Crippen molar-refractivity contribution in [2.45, 2.75) is 72.8 Å². The van der Waals surface area contributed by atoms with Crippen LogP contribution in [-0.4, -0.2) is 10.4 Å². The van der Waals surface area contributed by atoms with Crippen LogP contribution in [0.4, 0.5) is 0 Å². The Morgan fingerprint density at radius 3 is 2.57 bits per heavy atom. The maximum absolute atomic E-state index is 12.5. The topological polar surface area (TPSA) is 22.0 Å². The van der Waals surface area contributed by atoms with Gasteiger partial charge in [-0.1, -0.05) is 27.7 Å². The van der Waals surface area contributed by atoms with E-state index in [-0.39, 0.29) is 5.41 Å². The highest BCUT2D eigenvalue weighted by molar-refractivity contribution is 5.99. The molecular formula is C19H29NO. The minimum Gasteiger partial charge on any atom is -0.345 e. The van der Waals surface area contributed by atoms with Gasteiger partial charge in [0.25, 0.3) is 0 Å². The quantitative estimate of drug-likeness (QED) is 0.716. The number of ketones is 1. The molecule has 0 aromatic carbocycles. The summed E-state index contributed by atoms with van der Waals surface area (Å²) in [4.78, 5) is 12.5. The molecule has 1 heterocycles. The highest BCUT2D eigenvalue weighted by Crippen LogP contribution is 2.43. The van der Waals surface area contributed by atoms with Gasteiger partial charge in [0, 0.05) is 29.4 Å². The molecule has 2 nitrogen and oxygen atoms in total. The second-order valence-corrected chi connectivity index (χ2v) is 8.42. The summed E-state index contributed by atoms with van der Waals surface area (Å²) < 4.78 is 2.53. The molecule has 0 radical (unpaired) electrons. The summed E-state index contributed by atoms with van der Waals surface area (Å²) in [6, 6.07) is 2.74. The zero-order valence-electron chi connectivity index (χ0n) is 14.2. The lowest BCUT2D eigenvalue weighted by molar-refractivity contribution is 0.0906. The lowest BCUT2D eigenvalue weighted by atomic mass is 9.75. The Labute approximate surface area is 128 Å². The fraction of sp³-hybridized carbons (Fsp3) is 0.737. The number of fused-ring (bicyclic) bond motifs is 1. The summed E-state index contributed by atoms with van der Waals surface area (Å²) in [5.74, 6) is 1.91. The average Bonchev–Trinajstić information content (AvgIpc) is 2.65. The van der Waals surface area contributed by atoms with Gasteiger partial charge in [-0.05, 0) is 55.9 Å². The molecule has 2 aliphatic rings. The first-order valence-corrected chi connectivity index (χ1v) is 8.52. The van der Waals surface area contributed by atoms with Crippen molar-refractivity contribution in [2.75, 3.05) is 0 Å². The van der Waals surface area contributed by atoms with Crippen LogP contribution >= 0.6 is 0 Å². The van der Waals surface area contributed by atoms with Gasteiger partial charge < -0.3 is 4.57 Å². The Morgan fingerprint density at radius 1 is 1.19 bits per heavy atom. The standard InChI is InChI=1S/C19H29NO/c1-12-6-7-16(13(2)8-12)20-14(3)9-15-17(20)10-19(4,5)11-18(15)21/h9,12-13,16H,6-8,10-11H2,1-5H3. The van der Waals surface area contributed by atoms with Crippen molar-refractivity contribution in [3.8, 4) is 0 Å². The summed E-state index contributed by atoms with van der Waals surface area (Å²) in [6.45, 7) is 11.4. The molecule has 116 valence electrons. The van der Waals surface area contributed by atoms with E-state index < -0.39 is 0 Å². The van der Waals surface area contributed by atoms with Crippen molar-refractivity contribution in [3.63, 3.8) is 0 Å². The number of rotatable bonds is 1. The fourth-order valence-electron chi connectivity index (χ4n) is 4.67. The zero-order valence-corrected chi connectivity index (χ0v) is 14.2. The Hall–Kier alpha value is -1.05. The number of aryl methyl sites for hydroxylation is 1. The Balaban J connectivity index is 2.02. The molecule has 0 saturated heterocycles. The number of hydrogen-bond acceptors (Lipinski definition) is 1. The van der Waals surface area contributed by atoms with E-state index in [0.29, 0.717) is 24.2 Å². The van der Waals surface area contributed by atoms with Crippen molar-refractivity contribution >= 4 is 5.78 Å². The van der Waals surface area contributed by atoms with E-state index in [2.05, 4.69) is 45.3 Å². The van der Waals surface area contributed by atoms with Gasteiger partial charge >= 0.3 is 0 Å². The SMILES string of the molecule is Cc1cc2c(n1C1CCC(C)CC1C)CC(C)(C)CC2=O. The Kier molecular flexibility index (Phi) is 3.54. The molecule has 3 rings (SSSR count). The highest BCUT2D eigenvalue weighted by atomic mass is 16.1. The van der Waals surface area contributed by atoms with Crippen LogP contribution in [0.2, 0.25) is 0 Å². The second-order valence-electron chi connectivity index (χ2n) is 8.42. The lowest BCUT2D eigenvalue weighted by Crippen LogP contribution is -2.31. The number of Topliss-reactive ketones (excluding diaryl/α,β-unsaturated/α-hetero) is 1. The molecule has 0 spiro atoms. The maximum Gasteiger partial charge on any atom is 0.165 e. The van der Waals surface area contributed by atoms with Gasteiger partial charge in [0.2, 0.25) is 0 Å². The summed E-state index contributed by atoms with van der Waals surface area (Å²) in [5.41, 5.74) is 3.73. The van der Waals surface area contributed by atoms with Crippen LogP contribution in [-0.2, 0) is 6.42 Å². The second kappa shape index (κ2) is 5.00. The van der Waals surface area contributed by atoms with E-state index in [1.807, 2.05) is 0 Å². The van der Waals surface area contributed by atoms with E-state index in [1.165, 1.54) is 30.7 Å². The first-order valence-electron chi connectivity index (χ1n) is 8.52. The van der Waals surface area contributed by atoms with Gasteiger partial charge in [0.15, 0.2) is 5.78 Å². The molecule has 0 bridgehead atoms. The average molecular weight is 287 g/mol. The number of hydrogen-bond donors (Lipinski definition) is 0. The normalized spacial score (nSPS) is 32.0. The van der Waals surface area contributed by atoms with Crippen LogP contribution in [0.25, 0.3) is 0 Å². The van der Waals surface area contributed by atoms with Gasteiger partial charge in [-0.15, -0.1) is 0 Å². The Morgan fingerprint density at radius 2 is 1.90 bits per heavy atom. The molecule has 1 aromatic heterocycles. The fourth-order valence-corrected chi connectivity index (χ4v) is 4.67. The summed E-state index contributed by atoms with van der Waals surface area (Å²) >= 11 is 0. The zero-order chi connectivity index (χ0) is 15.4. The molecule has 2 aliphatic carbocycles. The number of aromatic nitrogens is 1. The van der Waals surface area contributed by atoms with Crippen LogP contribution in [0.1, 0.15) is 81.2 Å². The summed E-state index contributed by atoms with van der Waals surface area (Å²) in [6.07, 6.45) is 5.63. The molecule has 1 saturated carbocycles. The number of carbonyl (C=O) groups excluding carboxylic acids is 1. The van der Waals surface area contributed by atoms with Crippen LogP contribution in [0.15, 0.2) is 6.07 Å². The monoisotopic (exact) mass is 287 g/mol. The molecule has 2 heteroatoms. The van der Waals surface area contributed by atoms with Gasteiger partial charge in [0.05, 0.1) is 0 Å². The van der Waals surface area contributed by atoms with E-state index in [1.54, 1.807) is 0 Å². The molecule has 0 N–H and O–H groups in total. The minimum absolute atomic E-state index is 0.109. The Bertz CT molecular complexity index is 566. The third kappa shape index (κ3) is 2.58. The van der Waals surface area contributed by atoms with E-state index in [4.69, 9.17) is 0 Å². The van der Waals surface area contributed by atoms with Gasteiger partial charge in [0.1, 0.15) is 0 Å². The van der Waals surface area contributed by atoms with Crippen molar-refractivity contribution < 1.29 is 4.79 Å². The molecule has 1 aromatic rings. The van der Waals surface area contributed by atoms with Crippen LogP contribution in [0.3, 0.4) is 0 Å². The number of carbonyl (C=O) groups is 1. The van der Waals surface area contributed by atoms with Crippen LogP contribution in [0.5, 0.6) is 0 Å². The summed E-state index contributed by atoms with van der Waals surface area (Å²) in [5, 5.41) is 0. The lowest BCUT2D eigenvalue weighted by Gasteiger charge is -2.38. The minimum atomic E-state index is 0.109.